The van der Waals surface area contributed by atoms with Crippen LogP contribution >= 0.6 is 0 Å². The van der Waals surface area contributed by atoms with E-state index in [1.54, 1.807) is 24.5 Å². The number of nitrogens with one attached hydrogen (secondary N) is 1. The van der Waals surface area contributed by atoms with E-state index < -0.39 is 0 Å². The van der Waals surface area contributed by atoms with Crippen LogP contribution in [0, 0.1) is 5.92 Å². The Morgan fingerprint density at radius 2 is 1.78 bits per heavy atom. The van der Waals surface area contributed by atoms with Crippen LogP contribution in [-0.2, 0) is 13.0 Å². The van der Waals surface area contributed by atoms with Crippen molar-refractivity contribution in [3.8, 4) is 0 Å². The predicted octanol–water partition coefficient (Wildman–Crippen LogP) is 3.12. The van der Waals surface area contributed by atoms with E-state index in [1.807, 2.05) is 4.90 Å². The predicted molar refractivity (Wildman–Crippen MR) is 123 cm³/mol. The van der Waals surface area contributed by atoms with Gasteiger partial charge in [0.05, 0.1) is 11.3 Å². The molecular formula is C25H33N5O2. The summed E-state index contributed by atoms with van der Waals surface area (Å²) >= 11 is 0. The van der Waals surface area contributed by atoms with Gasteiger partial charge in [-0.1, -0.05) is 19.3 Å². The van der Waals surface area contributed by atoms with Crippen molar-refractivity contribution < 1.29 is 4.79 Å². The van der Waals surface area contributed by atoms with Gasteiger partial charge in [-0.25, -0.2) is 4.98 Å². The molecule has 2 aromatic rings. The van der Waals surface area contributed by atoms with E-state index in [9.17, 15) is 9.59 Å². The Morgan fingerprint density at radius 1 is 1.03 bits per heavy atom. The number of piperidine rings is 1. The summed E-state index contributed by atoms with van der Waals surface area (Å²) in [6, 6.07) is 3.52. The van der Waals surface area contributed by atoms with Crippen LogP contribution < -0.4 is 5.56 Å². The summed E-state index contributed by atoms with van der Waals surface area (Å²) in [5.74, 6) is 1.85. The molecule has 2 aromatic heterocycles. The highest BCUT2D eigenvalue weighted by atomic mass is 16.2. The fraction of sp³-hybridized carbons (Fsp3) is 0.600. The number of pyridine rings is 1. The number of carbonyl (C=O) groups excluding carboxylic acids is 1. The third-order valence-electron chi connectivity index (χ3n) is 7.50. The minimum absolute atomic E-state index is 0.0358. The molecule has 0 spiro atoms. The van der Waals surface area contributed by atoms with Crippen LogP contribution in [0.5, 0.6) is 0 Å². The summed E-state index contributed by atoms with van der Waals surface area (Å²) in [7, 11) is 0. The Balaban J connectivity index is 1.21. The molecule has 170 valence electrons. The number of rotatable bonds is 4. The molecule has 1 amide bonds. The van der Waals surface area contributed by atoms with Crippen molar-refractivity contribution >= 4 is 5.91 Å². The summed E-state index contributed by atoms with van der Waals surface area (Å²) in [5.41, 5.74) is 2.56. The summed E-state index contributed by atoms with van der Waals surface area (Å²) in [5, 5.41) is 0. The Kier molecular flexibility index (Phi) is 6.35. The molecule has 3 aliphatic rings. The number of amides is 1. The van der Waals surface area contributed by atoms with E-state index in [0.29, 0.717) is 18.7 Å². The van der Waals surface area contributed by atoms with E-state index in [4.69, 9.17) is 4.98 Å². The van der Waals surface area contributed by atoms with Gasteiger partial charge in [0.2, 0.25) is 0 Å². The molecule has 5 rings (SSSR count). The van der Waals surface area contributed by atoms with Crippen LogP contribution in [0.15, 0.2) is 29.3 Å². The lowest BCUT2D eigenvalue weighted by atomic mass is 9.88. The molecule has 2 fully saturated rings. The van der Waals surface area contributed by atoms with Crippen LogP contribution in [0.3, 0.4) is 0 Å². The van der Waals surface area contributed by atoms with Gasteiger partial charge in [0.15, 0.2) is 0 Å². The summed E-state index contributed by atoms with van der Waals surface area (Å²) < 4.78 is 0. The topological polar surface area (TPSA) is 82.2 Å². The third-order valence-corrected chi connectivity index (χ3v) is 7.50. The number of hydrogen-bond acceptors (Lipinski definition) is 5. The maximum absolute atomic E-state index is 12.9. The second-order valence-corrected chi connectivity index (χ2v) is 9.67. The summed E-state index contributed by atoms with van der Waals surface area (Å²) in [4.78, 5) is 42.0. The van der Waals surface area contributed by atoms with E-state index in [0.717, 1.165) is 61.9 Å². The Labute approximate surface area is 189 Å². The van der Waals surface area contributed by atoms with Crippen molar-refractivity contribution in [1.29, 1.82) is 0 Å². The highest BCUT2D eigenvalue weighted by molar-refractivity contribution is 5.94. The lowest BCUT2D eigenvalue weighted by molar-refractivity contribution is 0.0710. The second kappa shape index (κ2) is 9.53. The number of fused-ring (bicyclic) bond motifs is 1. The lowest BCUT2D eigenvalue weighted by Gasteiger charge is -2.34. The Hall–Kier alpha value is -2.54. The minimum Gasteiger partial charge on any atom is -0.339 e. The monoisotopic (exact) mass is 435 g/mol. The van der Waals surface area contributed by atoms with Crippen LogP contribution in [-0.4, -0.2) is 56.8 Å². The highest BCUT2D eigenvalue weighted by Gasteiger charge is 2.29. The van der Waals surface area contributed by atoms with Crippen molar-refractivity contribution in [3.63, 3.8) is 0 Å². The summed E-state index contributed by atoms with van der Waals surface area (Å²) in [6.07, 6.45) is 12.6. The highest BCUT2D eigenvalue weighted by Crippen LogP contribution is 2.28. The Bertz CT molecular complexity index is 991. The lowest BCUT2D eigenvalue weighted by Crippen LogP contribution is -2.40. The Morgan fingerprint density at radius 3 is 2.53 bits per heavy atom. The molecule has 0 unspecified atom stereocenters. The van der Waals surface area contributed by atoms with Crippen molar-refractivity contribution in [2.75, 3.05) is 26.2 Å². The van der Waals surface area contributed by atoms with Gasteiger partial charge in [-0.3, -0.25) is 19.5 Å². The first-order valence-electron chi connectivity index (χ1n) is 12.2. The summed E-state index contributed by atoms with van der Waals surface area (Å²) in [6.45, 7) is 4.21. The van der Waals surface area contributed by atoms with Crippen LogP contribution in [0.4, 0.5) is 0 Å². The van der Waals surface area contributed by atoms with Crippen LogP contribution in [0.2, 0.25) is 0 Å². The van der Waals surface area contributed by atoms with Crippen LogP contribution in [0.25, 0.3) is 0 Å². The van der Waals surface area contributed by atoms with E-state index in [2.05, 4.69) is 14.9 Å². The van der Waals surface area contributed by atoms with Crippen molar-refractivity contribution in [1.82, 2.24) is 24.8 Å². The normalized spacial score (nSPS) is 20.8. The van der Waals surface area contributed by atoms with Gasteiger partial charge < -0.3 is 9.88 Å². The zero-order valence-corrected chi connectivity index (χ0v) is 18.8. The fourth-order valence-corrected chi connectivity index (χ4v) is 5.62. The molecule has 2 aliphatic heterocycles. The molecule has 1 saturated heterocycles. The molecule has 7 nitrogen and oxygen atoms in total. The number of aromatic nitrogens is 3. The molecule has 1 saturated carbocycles. The number of H-pyrrole nitrogens is 1. The number of carbonyl (C=O) groups is 1. The van der Waals surface area contributed by atoms with E-state index in [1.165, 1.54) is 32.1 Å². The van der Waals surface area contributed by atoms with Crippen molar-refractivity contribution in [2.45, 2.75) is 63.8 Å². The molecule has 0 atom stereocenters. The molecule has 0 radical (unpaired) electrons. The molecule has 0 aromatic carbocycles. The first kappa shape index (κ1) is 21.3. The quantitative estimate of drug-likeness (QED) is 0.798. The van der Waals surface area contributed by atoms with Gasteiger partial charge in [0, 0.05) is 63.0 Å². The maximum Gasteiger partial charge on any atom is 0.255 e. The molecule has 7 heteroatoms. The van der Waals surface area contributed by atoms with Gasteiger partial charge in [0.25, 0.3) is 11.5 Å². The van der Waals surface area contributed by atoms with Crippen molar-refractivity contribution in [3.05, 3.63) is 57.5 Å². The van der Waals surface area contributed by atoms with Crippen molar-refractivity contribution in [2.24, 2.45) is 5.92 Å². The molecular weight excluding hydrogens is 402 g/mol. The molecule has 0 bridgehead atoms. The molecule has 1 aliphatic carbocycles. The van der Waals surface area contributed by atoms with Gasteiger partial charge in [0.1, 0.15) is 5.82 Å². The van der Waals surface area contributed by atoms with Gasteiger partial charge in [-0.05, 0) is 43.7 Å². The smallest absolute Gasteiger partial charge is 0.255 e. The maximum atomic E-state index is 12.9. The second-order valence-electron chi connectivity index (χ2n) is 9.67. The molecule has 32 heavy (non-hydrogen) atoms. The average Bonchev–Trinajstić information content (AvgIpc) is 2.85. The largest absolute Gasteiger partial charge is 0.339 e. The zero-order valence-electron chi connectivity index (χ0n) is 18.8. The van der Waals surface area contributed by atoms with E-state index in [-0.39, 0.29) is 17.4 Å². The number of aromatic amines is 1. The van der Waals surface area contributed by atoms with Gasteiger partial charge >= 0.3 is 0 Å². The fourth-order valence-electron chi connectivity index (χ4n) is 5.62. The molecule has 4 heterocycles. The minimum atomic E-state index is 0.0358. The molecule has 1 N–H and O–H groups in total. The number of nitrogens with zero attached hydrogens (tertiary/aromatic N) is 4. The average molecular weight is 436 g/mol. The van der Waals surface area contributed by atoms with Gasteiger partial charge in [-0.2, -0.15) is 0 Å². The SMILES string of the molecule is O=C(c1ccncc1)N1CCC(c2nc3c(c(=O)[nH]2)CN(CC2CCCCC2)CC3)CC1. The number of hydrogen-bond donors (Lipinski definition) is 1. The van der Waals surface area contributed by atoms with Crippen LogP contribution in [0.1, 0.15) is 78.3 Å². The van der Waals surface area contributed by atoms with Gasteiger partial charge in [-0.15, -0.1) is 0 Å². The third kappa shape index (κ3) is 4.63. The first-order valence-corrected chi connectivity index (χ1v) is 12.2. The first-order chi connectivity index (χ1) is 15.7. The zero-order chi connectivity index (χ0) is 21.9. The standard InChI is InChI=1S/C25H33N5O2/c31-24-21-17-29(16-18-4-2-1-3-5-18)13-10-22(21)27-23(28-24)19-8-14-30(15-9-19)25(32)20-6-11-26-12-7-20/h6-7,11-12,18-19H,1-5,8-10,13-17H2,(H,27,28,31). The van der Waals surface area contributed by atoms with E-state index >= 15 is 0 Å². The number of likely N-dealkylation sites (tertiary alicyclic amines) is 1.